The number of carboxylic acids is 1. The minimum absolute atomic E-state index is 0.00998. The Hall–Kier alpha value is -5.14. The lowest BCUT2D eigenvalue weighted by Gasteiger charge is -2.34. The Kier molecular flexibility index (Phi) is 6.16. The van der Waals surface area contributed by atoms with E-state index in [0.29, 0.717) is 0 Å². The maximum atomic E-state index is 13.6. The van der Waals surface area contributed by atoms with Crippen molar-refractivity contribution in [2.45, 2.75) is 32.1 Å². The van der Waals surface area contributed by atoms with Crippen molar-refractivity contribution >= 4 is 23.4 Å². The van der Waals surface area contributed by atoms with E-state index in [9.17, 15) is 49.8 Å². The number of hydrogen-bond acceptors (Lipinski definition) is 11. The highest BCUT2D eigenvalue weighted by atomic mass is 16.5. The Morgan fingerprint density at radius 3 is 2.10 bits per heavy atom. The molecule has 2 aliphatic rings. The smallest absolute Gasteiger partial charge is 0.325 e. The predicted octanol–water partition coefficient (Wildman–Crippen LogP) is 1.55. The number of carboxylic acid groups (broad SMARTS) is 1. The molecule has 1 amide bonds. The van der Waals surface area contributed by atoms with Gasteiger partial charge in [0.15, 0.2) is 5.78 Å². The van der Waals surface area contributed by atoms with Crippen LogP contribution < -0.4 is 10.1 Å². The summed E-state index contributed by atoms with van der Waals surface area (Å²) in [4.78, 5) is 51.3. The van der Waals surface area contributed by atoms with E-state index in [2.05, 4.69) is 5.32 Å². The van der Waals surface area contributed by atoms with Crippen molar-refractivity contribution < 1.29 is 59.7 Å². The molecule has 8 N–H and O–H groups in total. The van der Waals surface area contributed by atoms with Crippen LogP contribution in [0.1, 0.15) is 78.0 Å². The fraction of sp³-hybridized carbons (Fsp3) is 0.214. The maximum absolute atomic E-state index is 13.6. The van der Waals surface area contributed by atoms with E-state index < -0.39 is 104 Å². The number of ether oxygens (including phenoxy) is 1. The number of aromatic hydroxyl groups is 4. The Bertz CT molecular complexity index is 1740. The van der Waals surface area contributed by atoms with Crippen molar-refractivity contribution in [3.05, 3.63) is 62.7 Å². The number of phenols is 4. The summed E-state index contributed by atoms with van der Waals surface area (Å²) < 4.78 is 5.05. The van der Waals surface area contributed by atoms with Gasteiger partial charge in [0.05, 0.1) is 29.4 Å². The molecule has 13 nitrogen and oxygen atoms in total. The molecule has 0 spiro atoms. The average molecular weight is 565 g/mol. The highest BCUT2D eigenvalue weighted by Gasteiger charge is 2.45. The molecular weight excluding hydrogens is 542 g/mol. The molecular formula is C28H23NO12. The molecule has 0 fully saturated rings. The Labute approximate surface area is 230 Å². The molecule has 212 valence electrons. The van der Waals surface area contributed by atoms with Crippen LogP contribution in [0.2, 0.25) is 0 Å². The minimum atomic E-state index is -1.98. The molecule has 0 saturated carbocycles. The fourth-order valence-corrected chi connectivity index (χ4v) is 5.39. The van der Waals surface area contributed by atoms with Gasteiger partial charge in [0.25, 0.3) is 5.91 Å². The van der Waals surface area contributed by atoms with Gasteiger partial charge in [0, 0.05) is 28.3 Å². The Morgan fingerprint density at radius 2 is 1.49 bits per heavy atom. The number of rotatable bonds is 4. The van der Waals surface area contributed by atoms with Gasteiger partial charge in [-0.3, -0.25) is 19.2 Å². The van der Waals surface area contributed by atoms with Gasteiger partial charge >= 0.3 is 5.97 Å². The minimum Gasteiger partial charge on any atom is -0.507 e. The lowest BCUT2D eigenvalue weighted by Crippen LogP contribution is -2.38. The molecule has 0 bridgehead atoms. The number of nitrogens with one attached hydrogen (secondary N) is 1. The number of carbonyl (C=O) groups is 4. The van der Waals surface area contributed by atoms with E-state index in [1.54, 1.807) is 0 Å². The summed E-state index contributed by atoms with van der Waals surface area (Å²) in [5, 5.41) is 77.7. The third-order valence-electron chi connectivity index (χ3n) is 7.37. The molecule has 5 rings (SSSR count). The third kappa shape index (κ3) is 3.70. The maximum Gasteiger partial charge on any atom is 0.325 e. The Balaban J connectivity index is 1.84. The first-order chi connectivity index (χ1) is 19.2. The zero-order chi connectivity index (χ0) is 30.2. The second kappa shape index (κ2) is 9.21. The molecule has 3 aromatic rings. The number of fused-ring (bicyclic) bond motifs is 5. The number of aliphatic carboxylic acids is 1. The number of amides is 1. The standard InChI is InChI=1S/C28H23NO12/c1-7-4-10-15(22(33)13(7)27(38)29-8(2)28(39)40)16-17(26(37)21(10)32)25(36)19-18(24(16)35)20(31)11-5-9(41-3)6-12(30)14(11)23(19)34/h4-6,8,21,26,30,32-33,35-37H,1-3H3,(H,29,38)(H,39,40)/t8?,21-,26-/m0/s1. The average Bonchev–Trinajstić information content (AvgIpc) is 2.90. The van der Waals surface area contributed by atoms with Crippen LogP contribution >= 0.6 is 0 Å². The van der Waals surface area contributed by atoms with Crippen LogP contribution in [-0.4, -0.2) is 72.3 Å². The van der Waals surface area contributed by atoms with Crippen LogP contribution in [-0.2, 0) is 4.79 Å². The number of methoxy groups -OCH3 is 1. The first-order valence-corrected chi connectivity index (χ1v) is 12.1. The van der Waals surface area contributed by atoms with Crippen LogP contribution in [0.4, 0.5) is 0 Å². The summed E-state index contributed by atoms with van der Waals surface area (Å²) >= 11 is 0. The van der Waals surface area contributed by atoms with Crippen molar-refractivity contribution in [2.75, 3.05) is 7.11 Å². The zero-order valence-corrected chi connectivity index (χ0v) is 21.6. The summed E-state index contributed by atoms with van der Waals surface area (Å²) in [6.45, 7) is 2.56. The molecule has 2 aliphatic carbocycles. The number of aryl methyl sites for hydroxylation is 1. The molecule has 0 saturated heterocycles. The molecule has 13 heteroatoms. The third-order valence-corrected chi connectivity index (χ3v) is 7.37. The van der Waals surface area contributed by atoms with Gasteiger partial charge in [-0.15, -0.1) is 0 Å². The monoisotopic (exact) mass is 565 g/mol. The molecule has 0 aromatic heterocycles. The van der Waals surface area contributed by atoms with Crippen molar-refractivity contribution in [2.24, 2.45) is 0 Å². The largest absolute Gasteiger partial charge is 0.507 e. The van der Waals surface area contributed by atoms with E-state index in [-0.39, 0.29) is 22.4 Å². The van der Waals surface area contributed by atoms with Crippen LogP contribution in [0.25, 0.3) is 11.1 Å². The van der Waals surface area contributed by atoms with Gasteiger partial charge in [-0.25, -0.2) is 0 Å². The second-order valence-corrected chi connectivity index (χ2v) is 9.77. The lowest BCUT2D eigenvalue weighted by molar-refractivity contribution is -0.138. The van der Waals surface area contributed by atoms with Crippen molar-refractivity contribution in [1.82, 2.24) is 5.32 Å². The molecule has 0 heterocycles. The first kappa shape index (κ1) is 27.4. The van der Waals surface area contributed by atoms with E-state index in [4.69, 9.17) is 9.84 Å². The highest BCUT2D eigenvalue weighted by molar-refractivity contribution is 6.32. The van der Waals surface area contributed by atoms with Gasteiger partial charge in [-0.2, -0.15) is 0 Å². The molecule has 41 heavy (non-hydrogen) atoms. The lowest BCUT2D eigenvalue weighted by atomic mass is 9.73. The number of phenolic OH excluding ortho intramolecular Hbond substituents is 4. The fourth-order valence-electron chi connectivity index (χ4n) is 5.39. The molecule has 3 aromatic carbocycles. The molecule has 1 unspecified atom stereocenters. The molecule has 3 atom stereocenters. The van der Waals surface area contributed by atoms with Gasteiger partial charge in [0.2, 0.25) is 5.78 Å². The van der Waals surface area contributed by atoms with Crippen molar-refractivity contribution in [1.29, 1.82) is 0 Å². The SMILES string of the molecule is COc1cc(O)c2c(c1)C(=O)c1c(O)c3c(c(O)c1C2=O)[C@H](O)[C@@H](O)c1cc(C)c(C(=O)NC(C)C(=O)O)c(O)c1-3. The van der Waals surface area contributed by atoms with E-state index in [1.807, 2.05) is 0 Å². The second-order valence-electron chi connectivity index (χ2n) is 9.77. The van der Waals surface area contributed by atoms with E-state index in [0.717, 1.165) is 12.1 Å². The van der Waals surface area contributed by atoms with Gasteiger partial charge < -0.3 is 45.8 Å². The molecule has 0 aliphatic heterocycles. The first-order valence-electron chi connectivity index (χ1n) is 12.1. The number of aliphatic hydroxyl groups excluding tert-OH is 2. The highest BCUT2D eigenvalue weighted by Crippen LogP contribution is 2.58. The topological polar surface area (TPSA) is 231 Å². The quantitative estimate of drug-likeness (QED) is 0.165. The summed E-state index contributed by atoms with van der Waals surface area (Å²) in [6.07, 6.45) is -3.83. The number of ketones is 2. The zero-order valence-electron chi connectivity index (χ0n) is 21.6. The van der Waals surface area contributed by atoms with Gasteiger partial charge in [0.1, 0.15) is 47.0 Å². The number of benzene rings is 3. The Morgan fingerprint density at radius 1 is 0.854 bits per heavy atom. The van der Waals surface area contributed by atoms with Crippen LogP contribution in [0.15, 0.2) is 18.2 Å². The van der Waals surface area contributed by atoms with Crippen molar-refractivity contribution in [3.63, 3.8) is 0 Å². The molecule has 0 radical (unpaired) electrons. The summed E-state index contributed by atoms with van der Waals surface area (Å²) in [5.74, 6) is -7.94. The van der Waals surface area contributed by atoms with E-state index >= 15 is 0 Å². The van der Waals surface area contributed by atoms with Gasteiger partial charge in [-0.1, -0.05) is 6.07 Å². The predicted molar refractivity (Wildman–Crippen MR) is 138 cm³/mol. The number of aliphatic hydroxyl groups is 2. The van der Waals surface area contributed by atoms with Gasteiger partial charge in [-0.05, 0) is 31.0 Å². The summed E-state index contributed by atoms with van der Waals surface area (Å²) in [7, 11) is 1.25. The number of carbonyl (C=O) groups excluding carboxylic acids is 3. The number of hydrogen-bond donors (Lipinski definition) is 8. The summed E-state index contributed by atoms with van der Waals surface area (Å²) in [6, 6.07) is 2.07. The van der Waals surface area contributed by atoms with Crippen LogP contribution in [0.3, 0.4) is 0 Å². The summed E-state index contributed by atoms with van der Waals surface area (Å²) in [5.41, 5.74) is -4.48. The van der Waals surface area contributed by atoms with Crippen LogP contribution in [0.5, 0.6) is 28.7 Å². The van der Waals surface area contributed by atoms with Crippen molar-refractivity contribution in [3.8, 4) is 39.9 Å². The van der Waals surface area contributed by atoms with Crippen LogP contribution in [0, 0.1) is 6.92 Å². The normalized spacial score (nSPS) is 17.6. The van der Waals surface area contributed by atoms with E-state index in [1.165, 1.54) is 27.0 Å².